The van der Waals surface area contributed by atoms with Crippen molar-refractivity contribution >= 4 is 5.91 Å². The summed E-state index contributed by atoms with van der Waals surface area (Å²) >= 11 is 0. The van der Waals surface area contributed by atoms with Crippen LogP contribution in [0.15, 0.2) is 18.2 Å². The van der Waals surface area contributed by atoms with Crippen LogP contribution in [0.2, 0.25) is 0 Å². The first kappa shape index (κ1) is 13.1. The number of rotatable bonds is 4. The van der Waals surface area contributed by atoms with Crippen molar-refractivity contribution in [2.24, 2.45) is 5.73 Å². The second kappa shape index (κ2) is 5.53. The van der Waals surface area contributed by atoms with Crippen LogP contribution < -0.4 is 5.73 Å². The molecule has 0 saturated heterocycles. The lowest BCUT2D eigenvalue weighted by Crippen LogP contribution is -2.24. The monoisotopic (exact) mass is 246 g/mol. The summed E-state index contributed by atoms with van der Waals surface area (Å²) in [7, 11) is 0. The Morgan fingerprint density at radius 3 is 2.78 bits per heavy atom. The summed E-state index contributed by atoms with van der Waals surface area (Å²) in [6.45, 7) is 5.61. The maximum absolute atomic E-state index is 12.0. The molecule has 1 aliphatic rings. The van der Waals surface area contributed by atoms with Crippen LogP contribution in [-0.4, -0.2) is 10.8 Å². The number of benzene rings is 1. The molecule has 98 valence electrons. The Bertz CT molecular complexity index is 440. The van der Waals surface area contributed by atoms with Crippen LogP contribution in [0.25, 0.3) is 0 Å². The lowest BCUT2D eigenvalue weighted by atomic mass is 10.0. The van der Waals surface area contributed by atoms with Gasteiger partial charge in [0.05, 0.1) is 0 Å². The smallest absolute Gasteiger partial charge is 0.223 e. The standard InChI is InChI=1S/C15H22N2O/c1-3-4-5-15(18)17-9-13-7-6-12(11(2)16)8-14(13)10-17/h6-8,11H,3-5,9-10,16H2,1-2H3. The summed E-state index contributed by atoms with van der Waals surface area (Å²) in [5, 5.41) is 0. The van der Waals surface area contributed by atoms with Gasteiger partial charge in [-0.15, -0.1) is 0 Å². The first-order valence-electron chi connectivity index (χ1n) is 6.77. The summed E-state index contributed by atoms with van der Waals surface area (Å²) in [5.41, 5.74) is 9.56. The molecule has 1 atom stereocenters. The predicted octanol–water partition coefficient (Wildman–Crippen LogP) is 2.74. The number of hydrogen-bond acceptors (Lipinski definition) is 2. The lowest BCUT2D eigenvalue weighted by molar-refractivity contribution is -0.131. The van der Waals surface area contributed by atoms with Crippen LogP contribution >= 0.6 is 0 Å². The Hall–Kier alpha value is -1.35. The molecule has 0 aromatic heterocycles. The molecule has 1 aliphatic heterocycles. The van der Waals surface area contributed by atoms with Gasteiger partial charge in [-0.05, 0) is 30.0 Å². The molecular formula is C15H22N2O. The number of unbranched alkanes of at least 4 members (excludes halogenated alkanes) is 1. The van der Waals surface area contributed by atoms with Crippen molar-refractivity contribution < 1.29 is 4.79 Å². The number of carbonyl (C=O) groups is 1. The molecule has 2 rings (SSSR count). The molecule has 1 unspecified atom stereocenters. The summed E-state index contributed by atoms with van der Waals surface area (Å²) < 4.78 is 0. The Morgan fingerprint density at radius 1 is 1.39 bits per heavy atom. The minimum Gasteiger partial charge on any atom is -0.334 e. The Labute approximate surface area is 109 Å². The first-order chi connectivity index (χ1) is 8.61. The van der Waals surface area contributed by atoms with E-state index in [0.717, 1.165) is 31.5 Å². The van der Waals surface area contributed by atoms with Gasteiger partial charge in [0, 0.05) is 25.6 Å². The minimum atomic E-state index is 0.0557. The number of nitrogens with zero attached hydrogens (tertiary/aromatic N) is 1. The van der Waals surface area contributed by atoms with Gasteiger partial charge in [0.1, 0.15) is 0 Å². The van der Waals surface area contributed by atoms with Gasteiger partial charge in [-0.3, -0.25) is 4.79 Å². The highest BCUT2D eigenvalue weighted by atomic mass is 16.2. The van der Waals surface area contributed by atoms with E-state index in [0.29, 0.717) is 6.42 Å². The Morgan fingerprint density at radius 2 is 2.11 bits per heavy atom. The van der Waals surface area contributed by atoms with Crippen LogP contribution in [0.4, 0.5) is 0 Å². The van der Waals surface area contributed by atoms with E-state index in [9.17, 15) is 4.79 Å². The van der Waals surface area contributed by atoms with E-state index < -0.39 is 0 Å². The molecule has 1 aromatic carbocycles. The van der Waals surface area contributed by atoms with Gasteiger partial charge in [0.15, 0.2) is 0 Å². The van der Waals surface area contributed by atoms with Gasteiger partial charge in [0.2, 0.25) is 5.91 Å². The van der Waals surface area contributed by atoms with Crippen LogP contribution in [0.3, 0.4) is 0 Å². The molecule has 0 fully saturated rings. The highest BCUT2D eigenvalue weighted by Crippen LogP contribution is 2.26. The maximum atomic E-state index is 12.0. The maximum Gasteiger partial charge on any atom is 0.223 e. The van der Waals surface area contributed by atoms with Crippen molar-refractivity contribution in [1.29, 1.82) is 0 Å². The van der Waals surface area contributed by atoms with E-state index in [1.807, 2.05) is 11.8 Å². The first-order valence-corrected chi connectivity index (χ1v) is 6.77. The molecule has 0 saturated carbocycles. The number of amides is 1. The summed E-state index contributed by atoms with van der Waals surface area (Å²) in [6, 6.07) is 6.39. The molecule has 0 bridgehead atoms. The van der Waals surface area contributed by atoms with Gasteiger partial charge in [-0.2, -0.15) is 0 Å². The quantitative estimate of drug-likeness (QED) is 0.888. The SMILES string of the molecule is CCCCC(=O)N1Cc2ccc(C(C)N)cc2C1. The third-order valence-corrected chi connectivity index (χ3v) is 3.58. The second-order valence-electron chi connectivity index (χ2n) is 5.17. The molecular weight excluding hydrogens is 224 g/mol. The van der Waals surface area contributed by atoms with E-state index in [-0.39, 0.29) is 11.9 Å². The molecule has 0 aliphatic carbocycles. The molecule has 18 heavy (non-hydrogen) atoms. The van der Waals surface area contributed by atoms with Crippen LogP contribution in [0, 0.1) is 0 Å². The lowest BCUT2D eigenvalue weighted by Gasteiger charge is -2.14. The topological polar surface area (TPSA) is 46.3 Å². The largest absolute Gasteiger partial charge is 0.334 e. The molecule has 1 heterocycles. The molecule has 3 nitrogen and oxygen atoms in total. The fourth-order valence-electron chi connectivity index (χ4n) is 2.36. The van der Waals surface area contributed by atoms with Crippen LogP contribution in [0.5, 0.6) is 0 Å². The third kappa shape index (κ3) is 2.72. The number of fused-ring (bicyclic) bond motifs is 1. The van der Waals surface area contributed by atoms with Crippen molar-refractivity contribution in [2.75, 3.05) is 0 Å². The van der Waals surface area contributed by atoms with Gasteiger partial charge in [-0.25, -0.2) is 0 Å². The van der Waals surface area contributed by atoms with Crippen molar-refractivity contribution in [1.82, 2.24) is 4.90 Å². The van der Waals surface area contributed by atoms with Gasteiger partial charge in [0.25, 0.3) is 0 Å². The number of nitrogens with two attached hydrogens (primary N) is 1. The second-order valence-corrected chi connectivity index (χ2v) is 5.17. The van der Waals surface area contributed by atoms with Crippen molar-refractivity contribution in [3.05, 3.63) is 34.9 Å². The molecule has 0 spiro atoms. The Balaban J connectivity index is 2.06. The van der Waals surface area contributed by atoms with E-state index in [1.54, 1.807) is 0 Å². The third-order valence-electron chi connectivity index (χ3n) is 3.58. The van der Waals surface area contributed by atoms with Crippen molar-refractivity contribution in [2.45, 2.75) is 52.2 Å². The molecule has 1 aromatic rings. The molecule has 1 amide bonds. The van der Waals surface area contributed by atoms with E-state index >= 15 is 0 Å². The van der Waals surface area contributed by atoms with Gasteiger partial charge < -0.3 is 10.6 Å². The fourth-order valence-corrected chi connectivity index (χ4v) is 2.36. The molecule has 2 N–H and O–H groups in total. The summed E-state index contributed by atoms with van der Waals surface area (Å²) in [6.07, 6.45) is 2.72. The number of hydrogen-bond donors (Lipinski definition) is 1. The van der Waals surface area contributed by atoms with Gasteiger partial charge >= 0.3 is 0 Å². The Kier molecular flexibility index (Phi) is 4.02. The summed E-state index contributed by atoms with van der Waals surface area (Å²) in [4.78, 5) is 13.9. The van der Waals surface area contributed by atoms with E-state index in [1.165, 1.54) is 11.1 Å². The molecule has 0 radical (unpaired) electrons. The summed E-state index contributed by atoms with van der Waals surface area (Å²) in [5.74, 6) is 0.274. The highest BCUT2D eigenvalue weighted by Gasteiger charge is 2.23. The van der Waals surface area contributed by atoms with E-state index in [4.69, 9.17) is 5.73 Å². The fraction of sp³-hybridized carbons (Fsp3) is 0.533. The van der Waals surface area contributed by atoms with Crippen LogP contribution in [0.1, 0.15) is 55.8 Å². The zero-order valence-corrected chi connectivity index (χ0v) is 11.3. The van der Waals surface area contributed by atoms with E-state index in [2.05, 4.69) is 25.1 Å². The van der Waals surface area contributed by atoms with Crippen molar-refractivity contribution in [3.63, 3.8) is 0 Å². The number of carbonyl (C=O) groups excluding carboxylic acids is 1. The van der Waals surface area contributed by atoms with Gasteiger partial charge in [-0.1, -0.05) is 31.5 Å². The zero-order chi connectivity index (χ0) is 13.1. The average Bonchev–Trinajstić information content (AvgIpc) is 2.78. The minimum absolute atomic E-state index is 0.0557. The normalized spacial score (nSPS) is 15.6. The van der Waals surface area contributed by atoms with Crippen LogP contribution in [-0.2, 0) is 17.9 Å². The zero-order valence-electron chi connectivity index (χ0n) is 11.3. The predicted molar refractivity (Wildman–Crippen MR) is 72.8 cm³/mol. The van der Waals surface area contributed by atoms with Crippen molar-refractivity contribution in [3.8, 4) is 0 Å². The highest BCUT2D eigenvalue weighted by molar-refractivity contribution is 5.77. The molecule has 3 heteroatoms. The average molecular weight is 246 g/mol.